The minimum Gasteiger partial charge on any atom is -0.357 e. The molecule has 4 rings (SSSR count). The fourth-order valence-electron chi connectivity index (χ4n) is 4.24. The van der Waals surface area contributed by atoms with E-state index < -0.39 is 0 Å². The number of aromatic amines is 1. The second-order valence-electron chi connectivity index (χ2n) is 7.48. The van der Waals surface area contributed by atoms with Gasteiger partial charge in [0, 0.05) is 40.1 Å². The molecule has 2 aromatic rings. The van der Waals surface area contributed by atoms with Gasteiger partial charge in [0.25, 0.3) is 0 Å². The first kappa shape index (κ1) is 17.6. The quantitative estimate of drug-likeness (QED) is 0.795. The summed E-state index contributed by atoms with van der Waals surface area (Å²) in [5.41, 5.74) is 2.02. The van der Waals surface area contributed by atoms with Gasteiger partial charge in [-0.3, -0.25) is 9.59 Å². The molecular formula is C20H24BrN3O2. The van der Waals surface area contributed by atoms with Gasteiger partial charge in [-0.1, -0.05) is 35.2 Å². The highest BCUT2D eigenvalue weighted by molar-refractivity contribution is 9.10. The van der Waals surface area contributed by atoms with E-state index in [0.29, 0.717) is 25.6 Å². The lowest BCUT2D eigenvalue weighted by Gasteiger charge is -2.31. The number of carbonyl (C=O) groups excluding carboxylic acids is 2. The Morgan fingerprint density at radius 2 is 2.04 bits per heavy atom. The number of halogens is 1. The minimum absolute atomic E-state index is 0.0171. The van der Waals surface area contributed by atoms with Gasteiger partial charge >= 0.3 is 0 Å². The number of benzene rings is 1. The van der Waals surface area contributed by atoms with Crippen LogP contribution in [0.25, 0.3) is 10.9 Å². The predicted octanol–water partition coefficient (Wildman–Crippen LogP) is 3.73. The summed E-state index contributed by atoms with van der Waals surface area (Å²) in [5.74, 6) is -0.0908. The molecule has 1 saturated heterocycles. The fraction of sp³-hybridized carbons (Fsp3) is 0.500. The van der Waals surface area contributed by atoms with Crippen molar-refractivity contribution >= 4 is 38.6 Å². The number of hydrogen-bond donors (Lipinski definition) is 2. The molecule has 1 aromatic heterocycles. The molecular weight excluding hydrogens is 394 g/mol. The summed E-state index contributed by atoms with van der Waals surface area (Å²) in [7, 11) is 0. The van der Waals surface area contributed by atoms with Gasteiger partial charge in [-0.15, -0.1) is 0 Å². The van der Waals surface area contributed by atoms with Gasteiger partial charge in [0.1, 0.15) is 0 Å². The second kappa shape index (κ2) is 7.43. The normalized spacial score (nSPS) is 21.5. The Morgan fingerprint density at radius 3 is 2.85 bits per heavy atom. The number of nitrogens with one attached hydrogen (secondary N) is 2. The van der Waals surface area contributed by atoms with Gasteiger partial charge < -0.3 is 15.2 Å². The van der Waals surface area contributed by atoms with Crippen LogP contribution in [0.4, 0.5) is 0 Å². The van der Waals surface area contributed by atoms with Crippen LogP contribution in [0.5, 0.6) is 0 Å². The number of fused-ring (bicyclic) bond motifs is 1. The number of hydrogen-bond acceptors (Lipinski definition) is 2. The summed E-state index contributed by atoms with van der Waals surface area (Å²) in [4.78, 5) is 30.2. The molecule has 1 unspecified atom stereocenters. The van der Waals surface area contributed by atoms with E-state index in [9.17, 15) is 9.59 Å². The highest BCUT2D eigenvalue weighted by atomic mass is 79.9. The smallest absolute Gasteiger partial charge is 0.225 e. The van der Waals surface area contributed by atoms with Crippen LogP contribution in [0, 0.1) is 5.92 Å². The third kappa shape index (κ3) is 3.65. The van der Waals surface area contributed by atoms with Crippen LogP contribution < -0.4 is 5.32 Å². The molecule has 26 heavy (non-hydrogen) atoms. The van der Waals surface area contributed by atoms with Crippen molar-refractivity contribution in [3.8, 4) is 0 Å². The Morgan fingerprint density at radius 1 is 1.23 bits per heavy atom. The Labute approximate surface area is 161 Å². The van der Waals surface area contributed by atoms with E-state index in [1.54, 1.807) is 0 Å². The topological polar surface area (TPSA) is 65.2 Å². The molecule has 1 aliphatic heterocycles. The fourth-order valence-corrected chi connectivity index (χ4v) is 4.62. The van der Waals surface area contributed by atoms with Crippen LogP contribution in [0.2, 0.25) is 0 Å². The maximum Gasteiger partial charge on any atom is 0.225 e. The Bertz CT molecular complexity index is 826. The van der Waals surface area contributed by atoms with Crippen molar-refractivity contribution in [1.29, 1.82) is 0 Å². The lowest BCUT2D eigenvalue weighted by Crippen LogP contribution is -2.39. The summed E-state index contributed by atoms with van der Waals surface area (Å²) < 4.78 is 1.03. The van der Waals surface area contributed by atoms with Crippen molar-refractivity contribution in [3.63, 3.8) is 0 Å². The van der Waals surface area contributed by atoms with E-state index in [0.717, 1.165) is 33.9 Å². The van der Waals surface area contributed by atoms with E-state index in [1.165, 1.54) is 19.3 Å². The van der Waals surface area contributed by atoms with E-state index in [2.05, 4.69) is 38.4 Å². The molecule has 5 nitrogen and oxygen atoms in total. The van der Waals surface area contributed by atoms with Crippen LogP contribution in [-0.4, -0.2) is 34.3 Å². The van der Waals surface area contributed by atoms with Gasteiger partial charge in [0.15, 0.2) is 0 Å². The number of H-pyrrole nitrogens is 1. The van der Waals surface area contributed by atoms with Crippen LogP contribution in [-0.2, 0) is 16.1 Å². The summed E-state index contributed by atoms with van der Waals surface area (Å²) in [5, 5.41) is 4.11. The second-order valence-corrected chi connectivity index (χ2v) is 8.40. The van der Waals surface area contributed by atoms with Gasteiger partial charge in [-0.05, 0) is 37.1 Å². The molecule has 1 aromatic carbocycles. The maximum absolute atomic E-state index is 12.6. The largest absolute Gasteiger partial charge is 0.357 e. The minimum atomic E-state index is -0.219. The first-order chi connectivity index (χ1) is 12.6. The molecule has 1 atom stereocenters. The summed E-state index contributed by atoms with van der Waals surface area (Å²) >= 11 is 3.47. The van der Waals surface area contributed by atoms with Crippen molar-refractivity contribution in [3.05, 3.63) is 34.4 Å². The summed E-state index contributed by atoms with van der Waals surface area (Å²) in [6, 6.07) is 8.46. The van der Waals surface area contributed by atoms with E-state index in [-0.39, 0.29) is 17.7 Å². The molecule has 2 aliphatic rings. The SMILES string of the molecule is O=C(NCc1cc2cc(Br)ccc2[nH]1)C1CC(=O)N(C2CCCCC2)C1. The van der Waals surface area contributed by atoms with Crippen LogP contribution >= 0.6 is 15.9 Å². The highest BCUT2D eigenvalue weighted by Gasteiger charge is 2.37. The molecule has 0 spiro atoms. The monoisotopic (exact) mass is 417 g/mol. The molecule has 138 valence electrons. The molecule has 2 heterocycles. The van der Waals surface area contributed by atoms with Gasteiger partial charge in [0.05, 0.1) is 12.5 Å². The molecule has 1 aliphatic carbocycles. The number of aromatic nitrogens is 1. The maximum atomic E-state index is 12.6. The van der Waals surface area contributed by atoms with Crippen molar-refractivity contribution in [2.75, 3.05) is 6.54 Å². The number of carbonyl (C=O) groups is 2. The van der Waals surface area contributed by atoms with Gasteiger partial charge in [-0.2, -0.15) is 0 Å². The number of likely N-dealkylation sites (tertiary alicyclic amines) is 1. The van der Waals surface area contributed by atoms with E-state index >= 15 is 0 Å². The van der Waals surface area contributed by atoms with Crippen molar-refractivity contribution in [2.24, 2.45) is 5.92 Å². The van der Waals surface area contributed by atoms with Crippen molar-refractivity contribution in [2.45, 2.75) is 51.1 Å². The summed E-state index contributed by atoms with van der Waals surface area (Å²) in [6.45, 7) is 1.04. The molecule has 2 fully saturated rings. The highest BCUT2D eigenvalue weighted by Crippen LogP contribution is 2.28. The molecule has 0 bridgehead atoms. The lowest BCUT2D eigenvalue weighted by molar-refractivity contribution is -0.130. The average Bonchev–Trinajstić information content (AvgIpc) is 3.23. The zero-order chi connectivity index (χ0) is 18.1. The Kier molecular flexibility index (Phi) is 5.02. The van der Waals surface area contributed by atoms with Crippen molar-refractivity contribution < 1.29 is 9.59 Å². The summed E-state index contributed by atoms with van der Waals surface area (Å²) in [6.07, 6.45) is 6.19. The molecule has 1 saturated carbocycles. The molecule has 2 N–H and O–H groups in total. The number of rotatable bonds is 4. The third-order valence-corrected chi connectivity index (χ3v) is 6.13. The molecule has 2 amide bonds. The number of nitrogens with zero attached hydrogens (tertiary/aromatic N) is 1. The third-order valence-electron chi connectivity index (χ3n) is 5.64. The first-order valence-electron chi connectivity index (χ1n) is 9.44. The van der Waals surface area contributed by atoms with Crippen LogP contribution in [0.15, 0.2) is 28.7 Å². The van der Waals surface area contributed by atoms with Crippen LogP contribution in [0.3, 0.4) is 0 Å². The average molecular weight is 418 g/mol. The van der Waals surface area contributed by atoms with E-state index in [4.69, 9.17) is 0 Å². The zero-order valence-electron chi connectivity index (χ0n) is 14.8. The van der Waals surface area contributed by atoms with Gasteiger partial charge in [-0.25, -0.2) is 0 Å². The lowest BCUT2D eigenvalue weighted by atomic mass is 9.94. The standard InChI is InChI=1S/C20H24BrN3O2/c21-15-6-7-18-13(8-15)9-16(23-18)11-22-20(26)14-10-19(25)24(12-14)17-4-2-1-3-5-17/h6-9,14,17,23H,1-5,10-12H2,(H,22,26). The van der Waals surface area contributed by atoms with Crippen molar-refractivity contribution in [1.82, 2.24) is 15.2 Å². The zero-order valence-corrected chi connectivity index (χ0v) is 16.3. The predicted molar refractivity (Wildman–Crippen MR) is 105 cm³/mol. The molecule has 0 radical (unpaired) electrons. The molecule has 6 heteroatoms. The number of amides is 2. The Balaban J connectivity index is 1.35. The van der Waals surface area contributed by atoms with Crippen LogP contribution in [0.1, 0.15) is 44.2 Å². The van der Waals surface area contributed by atoms with E-state index in [1.807, 2.05) is 17.0 Å². The van der Waals surface area contributed by atoms with Gasteiger partial charge in [0.2, 0.25) is 11.8 Å². The first-order valence-corrected chi connectivity index (χ1v) is 10.2. The Hall–Kier alpha value is -1.82.